The molecule has 0 spiro atoms. The lowest BCUT2D eigenvalue weighted by Gasteiger charge is -2.20. The van der Waals surface area contributed by atoms with Gasteiger partial charge in [0.1, 0.15) is 17.8 Å². The molecule has 0 bridgehead atoms. The predicted octanol–water partition coefficient (Wildman–Crippen LogP) is 1.13. The summed E-state index contributed by atoms with van der Waals surface area (Å²) in [6.45, 7) is 4.80. The van der Waals surface area contributed by atoms with Crippen molar-refractivity contribution in [1.82, 2.24) is 20.3 Å². The summed E-state index contributed by atoms with van der Waals surface area (Å²) in [6.07, 6.45) is 1.68. The molecular weight excluding hydrogens is 354 g/mol. The van der Waals surface area contributed by atoms with Crippen LogP contribution in [0.3, 0.4) is 0 Å². The third-order valence-corrected chi connectivity index (χ3v) is 5.75. The summed E-state index contributed by atoms with van der Waals surface area (Å²) < 4.78 is 11.1. The molecule has 4 rings (SSSR count). The summed E-state index contributed by atoms with van der Waals surface area (Å²) in [6, 6.07) is 1.84. The summed E-state index contributed by atoms with van der Waals surface area (Å²) in [5, 5.41) is 5.69. The fourth-order valence-electron chi connectivity index (χ4n) is 3.59. The summed E-state index contributed by atoms with van der Waals surface area (Å²) in [7, 11) is 1.59. The number of carbonyl (C=O) groups is 1. The molecule has 0 radical (unpaired) electrons. The number of aryl methyl sites for hydroxylation is 1. The van der Waals surface area contributed by atoms with E-state index in [1.165, 1.54) is 17.7 Å². The number of amides is 1. The minimum Gasteiger partial charge on any atom is -0.481 e. The number of nitrogens with one attached hydrogen (secondary N) is 1. The molecule has 3 atom stereocenters. The molecule has 8 nitrogen and oxygen atoms in total. The maximum absolute atomic E-state index is 12.2. The molecule has 2 aliphatic heterocycles. The van der Waals surface area contributed by atoms with Gasteiger partial charge in [0.15, 0.2) is 0 Å². The number of hydrogen-bond acceptors (Lipinski definition) is 8. The first-order valence-electron chi connectivity index (χ1n) is 8.57. The van der Waals surface area contributed by atoms with Crippen LogP contribution < -0.4 is 15.0 Å². The van der Waals surface area contributed by atoms with Crippen LogP contribution in [0.2, 0.25) is 0 Å². The Morgan fingerprint density at radius 2 is 2.35 bits per heavy atom. The molecule has 4 heterocycles. The van der Waals surface area contributed by atoms with Crippen LogP contribution in [0.5, 0.6) is 5.88 Å². The van der Waals surface area contributed by atoms with Crippen LogP contribution in [0, 0.1) is 18.8 Å². The normalized spacial score (nSPS) is 24.5. The number of anilines is 1. The van der Waals surface area contributed by atoms with E-state index < -0.39 is 0 Å². The van der Waals surface area contributed by atoms with Gasteiger partial charge in [0.05, 0.1) is 24.8 Å². The smallest absolute Gasteiger partial charge is 0.270 e. The van der Waals surface area contributed by atoms with E-state index in [9.17, 15) is 4.79 Å². The average Bonchev–Trinajstić information content (AvgIpc) is 3.35. The first-order chi connectivity index (χ1) is 12.6. The van der Waals surface area contributed by atoms with E-state index in [4.69, 9.17) is 9.47 Å². The van der Waals surface area contributed by atoms with Gasteiger partial charge in [-0.25, -0.2) is 15.0 Å². The monoisotopic (exact) mass is 375 g/mol. The molecule has 2 fully saturated rings. The van der Waals surface area contributed by atoms with E-state index >= 15 is 0 Å². The van der Waals surface area contributed by atoms with Crippen LogP contribution in [0.15, 0.2) is 17.8 Å². The number of ether oxygens (including phenoxy) is 2. The first-order valence-corrected chi connectivity index (χ1v) is 9.45. The lowest BCUT2D eigenvalue weighted by molar-refractivity contribution is 0.0935. The van der Waals surface area contributed by atoms with Crippen molar-refractivity contribution in [3.05, 3.63) is 28.5 Å². The Morgan fingerprint density at radius 1 is 1.46 bits per heavy atom. The highest BCUT2D eigenvalue weighted by atomic mass is 32.1. The van der Waals surface area contributed by atoms with E-state index in [0.717, 1.165) is 23.9 Å². The minimum atomic E-state index is -0.117. The quantitative estimate of drug-likeness (QED) is 0.838. The standard InChI is InChI=1S/C17H21N5O3S/c1-10-21-13(8-26-10)17(23)18-4-11-7-25-14-6-22(5-12(11)14)15-3-16(24-2)20-9-19-15/h3,8-9,11-12,14H,4-7H2,1-2H3,(H,18,23)/t11-,12+,14+/m1/s1. The molecule has 0 aliphatic carbocycles. The Morgan fingerprint density at radius 3 is 3.12 bits per heavy atom. The van der Waals surface area contributed by atoms with Crippen molar-refractivity contribution in [1.29, 1.82) is 0 Å². The molecule has 1 N–H and O–H groups in total. The van der Waals surface area contributed by atoms with Crippen LogP contribution in [0.1, 0.15) is 15.5 Å². The highest BCUT2D eigenvalue weighted by Crippen LogP contribution is 2.35. The largest absolute Gasteiger partial charge is 0.481 e. The van der Waals surface area contributed by atoms with E-state index in [-0.39, 0.29) is 17.9 Å². The summed E-state index contributed by atoms with van der Waals surface area (Å²) in [4.78, 5) is 27.0. The van der Waals surface area contributed by atoms with Crippen LogP contribution in [0.4, 0.5) is 5.82 Å². The van der Waals surface area contributed by atoms with Crippen molar-refractivity contribution in [2.75, 3.05) is 38.3 Å². The SMILES string of the molecule is COc1cc(N2C[C@H]3[C@H](CNC(=O)c4csc(C)n4)CO[C@H]3C2)ncn1. The van der Waals surface area contributed by atoms with Crippen LogP contribution >= 0.6 is 11.3 Å². The molecule has 2 aliphatic rings. The molecule has 2 aromatic heterocycles. The van der Waals surface area contributed by atoms with Crippen molar-refractivity contribution < 1.29 is 14.3 Å². The molecule has 26 heavy (non-hydrogen) atoms. The molecule has 0 saturated carbocycles. The number of fused-ring (bicyclic) bond motifs is 1. The molecular formula is C17H21N5O3S. The first kappa shape index (κ1) is 17.2. The van der Waals surface area contributed by atoms with Crippen molar-refractivity contribution in [2.45, 2.75) is 13.0 Å². The molecule has 0 unspecified atom stereocenters. The van der Waals surface area contributed by atoms with E-state index in [2.05, 4.69) is 25.2 Å². The summed E-state index contributed by atoms with van der Waals surface area (Å²) in [5.41, 5.74) is 0.490. The van der Waals surface area contributed by atoms with Gasteiger partial charge in [0, 0.05) is 42.9 Å². The number of carbonyl (C=O) groups excluding carboxylic acids is 1. The summed E-state index contributed by atoms with van der Waals surface area (Å²) in [5.74, 6) is 1.94. The maximum atomic E-state index is 12.2. The Hall–Kier alpha value is -2.26. The van der Waals surface area contributed by atoms with Gasteiger partial charge in [-0.05, 0) is 6.92 Å². The third kappa shape index (κ3) is 3.36. The summed E-state index contributed by atoms with van der Waals surface area (Å²) >= 11 is 1.48. The Kier molecular flexibility index (Phi) is 4.73. The number of methoxy groups -OCH3 is 1. The number of aromatic nitrogens is 3. The fraction of sp³-hybridized carbons (Fsp3) is 0.529. The van der Waals surface area contributed by atoms with Crippen LogP contribution in [-0.2, 0) is 4.74 Å². The van der Waals surface area contributed by atoms with Gasteiger partial charge in [-0.1, -0.05) is 0 Å². The topological polar surface area (TPSA) is 89.5 Å². The fourth-order valence-corrected chi connectivity index (χ4v) is 4.19. The zero-order valence-corrected chi connectivity index (χ0v) is 15.5. The predicted molar refractivity (Wildman–Crippen MR) is 96.7 cm³/mol. The van der Waals surface area contributed by atoms with Gasteiger partial charge in [0.25, 0.3) is 5.91 Å². The van der Waals surface area contributed by atoms with Gasteiger partial charge in [0.2, 0.25) is 5.88 Å². The van der Waals surface area contributed by atoms with Gasteiger partial charge >= 0.3 is 0 Å². The third-order valence-electron chi connectivity index (χ3n) is 4.98. The molecule has 2 saturated heterocycles. The lowest BCUT2D eigenvalue weighted by Crippen LogP contribution is -2.34. The second-order valence-corrected chi connectivity index (χ2v) is 7.64. The van der Waals surface area contributed by atoms with E-state index in [1.54, 1.807) is 12.5 Å². The number of thiazole rings is 1. The van der Waals surface area contributed by atoms with E-state index in [1.807, 2.05) is 13.0 Å². The highest BCUT2D eigenvalue weighted by molar-refractivity contribution is 7.09. The lowest BCUT2D eigenvalue weighted by atomic mass is 9.93. The zero-order valence-electron chi connectivity index (χ0n) is 14.7. The van der Waals surface area contributed by atoms with Crippen LogP contribution in [-0.4, -0.2) is 60.3 Å². The van der Waals surface area contributed by atoms with Gasteiger partial charge in [-0.3, -0.25) is 4.79 Å². The van der Waals surface area contributed by atoms with Crippen molar-refractivity contribution in [3.63, 3.8) is 0 Å². The zero-order chi connectivity index (χ0) is 18.1. The molecule has 9 heteroatoms. The van der Waals surface area contributed by atoms with E-state index in [0.29, 0.717) is 30.6 Å². The van der Waals surface area contributed by atoms with Crippen molar-refractivity contribution in [2.24, 2.45) is 11.8 Å². The molecule has 2 aromatic rings. The molecule has 1 amide bonds. The Bertz CT molecular complexity index is 798. The molecule has 0 aromatic carbocycles. The number of nitrogens with zero attached hydrogens (tertiary/aromatic N) is 4. The van der Waals surface area contributed by atoms with Gasteiger partial charge in [-0.2, -0.15) is 0 Å². The Balaban J connectivity index is 1.36. The van der Waals surface area contributed by atoms with Crippen molar-refractivity contribution in [3.8, 4) is 5.88 Å². The maximum Gasteiger partial charge on any atom is 0.270 e. The minimum absolute atomic E-state index is 0.117. The Labute approximate surface area is 155 Å². The highest BCUT2D eigenvalue weighted by Gasteiger charge is 2.44. The van der Waals surface area contributed by atoms with Crippen LogP contribution in [0.25, 0.3) is 0 Å². The van der Waals surface area contributed by atoms with Crippen molar-refractivity contribution >= 4 is 23.1 Å². The average molecular weight is 375 g/mol. The molecule has 138 valence electrons. The second kappa shape index (κ2) is 7.16. The second-order valence-electron chi connectivity index (χ2n) is 6.58. The number of rotatable bonds is 5. The number of hydrogen-bond donors (Lipinski definition) is 1. The van der Waals surface area contributed by atoms with Gasteiger partial charge < -0.3 is 19.7 Å². The van der Waals surface area contributed by atoms with Gasteiger partial charge in [-0.15, -0.1) is 11.3 Å².